The molecule has 0 aromatic carbocycles. The molecule has 0 spiro atoms. The molecule has 76 valence electrons. The Morgan fingerprint density at radius 2 is 1.29 bits per heavy atom. The highest BCUT2D eigenvalue weighted by Gasteiger charge is 2.78. The number of Topliss-reactive ketones (excluding diaryl/α,β-unsaturated/α-hetero) is 2. The van der Waals surface area contributed by atoms with Gasteiger partial charge in [-0.1, -0.05) is 0 Å². The lowest BCUT2D eigenvalue weighted by molar-refractivity contribution is -0.135. The second-order valence-electron chi connectivity index (χ2n) is 4.61. The number of halogens is 2. The normalized spacial score (nSPS) is 55.6. The van der Waals surface area contributed by atoms with E-state index in [-0.39, 0.29) is 23.4 Å². The average Bonchev–Trinajstić information content (AvgIpc) is 2.53. The first kappa shape index (κ1) is 9.17. The van der Waals surface area contributed by atoms with Crippen molar-refractivity contribution < 1.29 is 9.59 Å². The first-order valence-corrected chi connectivity index (χ1v) is 5.69. The van der Waals surface area contributed by atoms with E-state index < -0.39 is 9.75 Å². The lowest BCUT2D eigenvalue weighted by Crippen LogP contribution is -2.67. The van der Waals surface area contributed by atoms with Crippen LogP contribution in [-0.4, -0.2) is 21.3 Å². The minimum atomic E-state index is -0.609. The van der Waals surface area contributed by atoms with Gasteiger partial charge in [-0.15, -0.1) is 23.2 Å². The van der Waals surface area contributed by atoms with Gasteiger partial charge >= 0.3 is 0 Å². The minimum Gasteiger partial charge on any atom is -0.299 e. The monoisotopic (exact) mass is 232 g/mol. The van der Waals surface area contributed by atoms with Gasteiger partial charge in [0, 0.05) is 12.8 Å². The third-order valence-electron chi connectivity index (χ3n) is 4.17. The van der Waals surface area contributed by atoms with Crippen molar-refractivity contribution in [2.45, 2.75) is 35.4 Å². The van der Waals surface area contributed by atoms with Crippen molar-refractivity contribution in [2.24, 2.45) is 11.8 Å². The van der Waals surface area contributed by atoms with Crippen molar-refractivity contribution in [3.05, 3.63) is 0 Å². The molecule has 0 saturated heterocycles. The van der Waals surface area contributed by atoms with Crippen LogP contribution in [0.5, 0.6) is 0 Å². The number of ketones is 2. The third kappa shape index (κ3) is 0.704. The second kappa shape index (κ2) is 2.35. The molecule has 0 bridgehead atoms. The van der Waals surface area contributed by atoms with Crippen LogP contribution in [0.3, 0.4) is 0 Å². The van der Waals surface area contributed by atoms with Gasteiger partial charge in [-0.05, 0) is 12.8 Å². The molecule has 0 aromatic heterocycles. The molecule has 3 fully saturated rings. The van der Waals surface area contributed by atoms with Gasteiger partial charge in [0.05, 0.1) is 21.6 Å². The highest BCUT2D eigenvalue weighted by molar-refractivity contribution is 6.41. The summed E-state index contributed by atoms with van der Waals surface area (Å²) in [5, 5.41) is 0. The largest absolute Gasteiger partial charge is 0.299 e. The number of hydrogen-bond donors (Lipinski definition) is 0. The summed E-state index contributed by atoms with van der Waals surface area (Å²) in [4.78, 5) is 21.9. The molecule has 4 atom stereocenters. The number of rotatable bonds is 0. The van der Waals surface area contributed by atoms with E-state index >= 15 is 0 Å². The number of carbonyl (C=O) groups is 2. The number of alkyl halides is 2. The van der Waals surface area contributed by atoms with Crippen LogP contribution in [0.2, 0.25) is 0 Å². The van der Waals surface area contributed by atoms with Crippen molar-refractivity contribution in [3.63, 3.8) is 0 Å². The van der Waals surface area contributed by atoms with Crippen molar-refractivity contribution >= 4 is 34.8 Å². The van der Waals surface area contributed by atoms with E-state index in [1.54, 1.807) is 0 Å². The van der Waals surface area contributed by atoms with Crippen LogP contribution in [-0.2, 0) is 9.59 Å². The first-order chi connectivity index (χ1) is 6.51. The van der Waals surface area contributed by atoms with E-state index in [4.69, 9.17) is 23.2 Å². The summed E-state index contributed by atoms with van der Waals surface area (Å²) >= 11 is 12.8. The Morgan fingerprint density at radius 1 is 0.929 bits per heavy atom. The molecule has 4 unspecified atom stereocenters. The van der Waals surface area contributed by atoms with Gasteiger partial charge in [0.25, 0.3) is 0 Å². The molecule has 3 rings (SSSR count). The fourth-order valence-electron chi connectivity index (χ4n) is 3.48. The average molecular weight is 233 g/mol. The second-order valence-corrected chi connectivity index (χ2v) is 5.96. The maximum atomic E-state index is 11.6. The van der Waals surface area contributed by atoms with Crippen molar-refractivity contribution in [3.8, 4) is 0 Å². The Hall–Kier alpha value is -0.0800. The molecule has 2 nitrogen and oxygen atoms in total. The SMILES string of the molecule is O=C1CCC2(Cl)C1C1C(=O)CCC12Cl. The van der Waals surface area contributed by atoms with Gasteiger partial charge in [-0.3, -0.25) is 9.59 Å². The zero-order chi connectivity index (χ0) is 10.1. The zero-order valence-electron chi connectivity index (χ0n) is 7.56. The molecule has 0 amide bonds. The van der Waals surface area contributed by atoms with Crippen molar-refractivity contribution in [2.75, 3.05) is 0 Å². The molecule has 3 aliphatic rings. The van der Waals surface area contributed by atoms with Crippen molar-refractivity contribution in [1.82, 2.24) is 0 Å². The Labute approximate surface area is 91.9 Å². The van der Waals surface area contributed by atoms with Gasteiger partial charge in [-0.2, -0.15) is 0 Å². The van der Waals surface area contributed by atoms with Crippen LogP contribution in [0.15, 0.2) is 0 Å². The summed E-state index contributed by atoms with van der Waals surface area (Å²) in [6, 6.07) is 0. The van der Waals surface area contributed by atoms with Gasteiger partial charge in [0.1, 0.15) is 11.6 Å². The summed E-state index contributed by atoms with van der Waals surface area (Å²) in [6.45, 7) is 0. The van der Waals surface area contributed by atoms with Crippen LogP contribution in [0.4, 0.5) is 0 Å². The highest BCUT2D eigenvalue weighted by Crippen LogP contribution is 2.70. The fraction of sp³-hybridized carbons (Fsp3) is 0.800. The smallest absolute Gasteiger partial charge is 0.138 e. The maximum absolute atomic E-state index is 11.6. The molecule has 0 N–H and O–H groups in total. The Morgan fingerprint density at radius 3 is 1.64 bits per heavy atom. The molecule has 4 heteroatoms. The number of carbonyl (C=O) groups excluding carboxylic acids is 2. The van der Waals surface area contributed by atoms with E-state index in [2.05, 4.69) is 0 Å². The number of fused-ring (bicyclic) bond motifs is 4. The molecule has 0 heterocycles. The Balaban J connectivity index is 2.08. The molecule has 0 aromatic rings. The van der Waals surface area contributed by atoms with Crippen molar-refractivity contribution in [1.29, 1.82) is 0 Å². The lowest BCUT2D eigenvalue weighted by Gasteiger charge is -2.56. The van der Waals surface area contributed by atoms with Crippen LogP contribution in [0.1, 0.15) is 25.7 Å². The van der Waals surface area contributed by atoms with Gasteiger partial charge in [0.15, 0.2) is 0 Å². The van der Waals surface area contributed by atoms with Gasteiger partial charge in [0.2, 0.25) is 0 Å². The molecular weight excluding hydrogens is 223 g/mol. The van der Waals surface area contributed by atoms with Gasteiger partial charge in [-0.25, -0.2) is 0 Å². The van der Waals surface area contributed by atoms with E-state index in [1.165, 1.54) is 0 Å². The molecular formula is C10H10Cl2O2. The predicted octanol–water partition coefficient (Wildman–Crippen LogP) is 1.91. The fourth-order valence-corrected chi connectivity index (χ4v) is 4.59. The summed E-state index contributed by atoms with van der Waals surface area (Å²) in [5.41, 5.74) is 0. The molecule has 0 aliphatic heterocycles. The van der Waals surface area contributed by atoms with E-state index in [0.717, 1.165) is 0 Å². The molecule has 3 aliphatic carbocycles. The quantitative estimate of drug-likeness (QED) is 0.599. The van der Waals surface area contributed by atoms with E-state index in [1.807, 2.05) is 0 Å². The van der Waals surface area contributed by atoms with Crippen LogP contribution < -0.4 is 0 Å². The predicted molar refractivity (Wildman–Crippen MR) is 52.6 cm³/mol. The summed E-state index contributed by atoms with van der Waals surface area (Å²) in [5.74, 6) is -0.290. The highest BCUT2D eigenvalue weighted by atomic mass is 35.5. The summed E-state index contributed by atoms with van der Waals surface area (Å²) < 4.78 is 0. The van der Waals surface area contributed by atoms with E-state index in [0.29, 0.717) is 25.7 Å². The topological polar surface area (TPSA) is 34.1 Å². The summed E-state index contributed by atoms with van der Waals surface area (Å²) in [6.07, 6.45) is 2.27. The zero-order valence-corrected chi connectivity index (χ0v) is 9.07. The molecule has 3 saturated carbocycles. The molecule has 14 heavy (non-hydrogen) atoms. The van der Waals surface area contributed by atoms with Gasteiger partial charge < -0.3 is 0 Å². The first-order valence-electron chi connectivity index (χ1n) is 4.94. The number of hydrogen-bond acceptors (Lipinski definition) is 2. The van der Waals surface area contributed by atoms with Crippen LogP contribution in [0.25, 0.3) is 0 Å². The van der Waals surface area contributed by atoms with Crippen LogP contribution >= 0.6 is 23.2 Å². The summed E-state index contributed by atoms with van der Waals surface area (Å²) in [7, 11) is 0. The third-order valence-corrected chi connectivity index (χ3v) is 5.79. The standard InChI is InChI=1S/C10H10Cl2O2/c11-9-3-1-5(13)7(9)8-6(14)2-4-10(8,9)12/h7-8H,1-4H2. The minimum absolute atomic E-state index is 0.136. The Kier molecular flexibility index (Phi) is 1.54. The van der Waals surface area contributed by atoms with Crippen LogP contribution in [0, 0.1) is 11.8 Å². The van der Waals surface area contributed by atoms with E-state index in [9.17, 15) is 9.59 Å². The Bertz CT molecular complexity index is 320. The maximum Gasteiger partial charge on any atom is 0.138 e. The molecule has 0 radical (unpaired) electrons. The lowest BCUT2D eigenvalue weighted by atomic mass is 9.58.